The van der Waals surface area contributed by atoms with E-state index in [1.54, 1.807) is 0 Å². The summed E-state index contributed by atoms with van der Waals surface area (Å²) in [5, 5.41) is 4.57. The number of aromatic nitrogens is 4. The van der Waals surface area contributed by atoms with Crippen molar-refractivity contribution in [3.63, 3.8) is 0 Å². The van der Waals surface area contributed by atoms with Gasteiger partial charge in [0.15, 0.2) is 10.4 Å². The first kappa shape index (κ1) is 16.3. The summed E-state index contributed by atoms with van der Waals surface area (Å²) in [4.78, 5) is 3.33. The van der Waals surface area contributed by atoms with Crippen LogP contribution in [0.15, 0.2) is 0 Å². The van der Waals surface area contributed by atoms with E-state index in [1.165, 1.54) is 32.1 Å². The SMILES string of the molecule is CCc1nn(C)c2c1[nH]c(=S)n2CCCCCCC(C)C. The van der Waals surface area contributed by atoms with E-state index in [0.29, 0.717) is 0 Å². The molecule has 2 heterocycles. The van der Waals surface area contributed by atoms with E-state index in [0.717, 1.165) is 40.5 Å². The van der Waals surface area contributed by atoms with Crippen molar-refractivity contribution in [2.24, 2.45) is 13.0 Å². The van der Waals surface area contributed by atoms with Crippen molar-refractivity contribution in [1.29, 1.82) is 0 Å². The molecule has 0 saturated carbocycles. The molecule has 1 N–H and O–H groups in total. The lowest BCUT2D eigenvalue weighted by Gasteiger charge is -2.06. The highest BCUT2D eigenvalue weighted by Crippen LogP contribution is 2.19. The first-order valence-electron chi connectivity index (χ1n) is 8.19. The van der Waals surface area contributed by atoms with E-state index in [2.05, 4.69) is 35.4 Å². The maximum Gasteiger partial charge on any atom is 0.179 e. The van der Waals surface area contributed by atoms with Gasteiger partial charge in [0.05, 0.1) is 5.69 Å². The molecule has 4 nitrogen and oxygen atoms in total. The van der Waals surface area contributed by atoms with Gasteiger partial charge in [-0.25, -0.2) is 0 Å². The van der Waals surface area contributed by atoms with Crippen LogP contribution in [0.2, 0.25) is 0 Å². The molecule has 5 heteroatoms. The van der Waals surface area contributed by atoms with E-state index < -0.39 is 0 Å². The summed E-state index contributed by atoms with van der Waals surface area (Å²) in [6, 6.07) is 0. The molecule has 21 heavy (non-hydrogen) atoms. The third-order valence-corrected chi connectivity index (χ3v) is 4.39. The Labute approximate surface area is 132 Å². The first-order valence-corrected chi connectivity index (χ1v) is 8.59. The fraction of sp³-hybridized carbons (Fsp3) is 0.750. The number of nitrogens with zero attached hydrogens (tertiary/aromatic N) is 3. The minimum Gasteiger partial charge on any atom is -0.328 e. The maximum absolute atomic E-state index is 5.48. The van der Waals surface area contributed by atoms with Gasteiger partial charge in [0.25, 0.3) is 0 Å². The largest absolute Gasteiger partial charge is 0.328 e. The van der Waals surface area contributed by atoms with Gasteiger partial charge < -0.3 is 9.55 Å². The highest BCUT2D eigenvalue weighted by atomic mass is 32.1. The molecule has 0 amide bonds. The van der Waals surface area contributed by atoms with Gasteiger partial charge in [0.1, 0.15) is 5.52 Å². The summed E-state index contributed by atoms with van der Waals surface area (Å²) < 4.78 is 4.99. The quantitative estimate of drug-likeness (QED) is 0.571. The van der Waals surface area contributed by atoms with E-state index in [1.807, 2.05) is 11.7 Å². The lowest BCUT2D eigenvalue weighted by Crippen LogP contribution is -2.03. The Morgan fingerprint density at radius 2 is 1.90 bits per heavy atom. The minimum atomic E-state index is 0.824. The smallest absolute Gasteiger partial charge is 0.179 e. The summed E-state index contributed by atoms with van der Waals surface area (Å²) in [5.74, 6) is 0.824. The number of fused-ring (bicyclic) bond motifs is 1. The number of aryl methyl sites for hydroxylation is 3. The summed E-state index contributed by atoms with van der Waals surface area (Å²) >= 11 is 5.48. The van der Waals surface area contributed by atoms with Gasteiger partial charge in [0, 0.05) is 13.6 Å². The number of H-pyrrole nitrogens is 1. The zero-order valence-electron chi connectivity index (χ0n) is 13.8. The van der Waals surface area contributed by atoms with Crippen LogP contribution in [0.25, 0.3) is 11.2 Å². The van der Waals surface area contributed by atoms with Crippen LogP contribution in [0.5, 0.6) is 0 Å². The molecule has 0 atom stereocenters. The zero-order valence-corrected chi connectivity index (χ0v) is 14.6. The molecule has 2 rings (SSSR count). The number of unbranched alkanes of at least 4 members (excludes halogenated alkanes) is 3. The molecule has 0 aliphatic rings. The van der Waals surface area contributed by atoms with Crippen LogP contribution in [0.1, 0.15) is 58.6 Å². The second-order valence-electron chi connectivity index (χ2n) is 6.30. The average molecular weight is 308 g/mol. The summed E-state index contributed by atoms with van der Waals surface area (Å²) in [6.45, 7) is 7.71. The fourth-order valence-corrected chi connectivity index (χ4v) is 3.19. The Kier molecular flexibility index (Phi) is 5.62. The number of hydrogen-bond acceptors (Lipinski definition) is 2. The van der Waals surface area contributed by atoms with Gasteiger partial charge in [-0.05, 0) is 31.0 Å². The van der Waals surface area contributed by atoms with E-state index in [4.69, 9.17) is 12.2 Å². The van der Waals surface area contributed by atoms with E-state index in [9.17, 15) is 0 Å². The fourth-order valence-electron chi connectivity index (χ4n) is 2.91. The van der Waals surface area contributed by atoms with Crippen molar-refractivity contribution in [3.8, 4) is 0 Å². The Morgan fingerprint density at radius 3 is 2.57 bits per heavy atom. The standard InChI is InChI=1S/C16H28N4S/c1-5-13-14-15(19(4)18-13)20(16(21)17-14)11-9-7-6-8-10-12(2)3/h12H,5-11H2,1-4H3,(H,17,21). The van der Waals surface area contributed by atoms with Crippen LogP contribution in [0.3, 0.4) is 0 Å². The van der Waals surface area contributed by atoms with Crippen LogP contribution in [-0.4, -0.2) is 19.3 Å². The molecule has 118 valence electrons. The Hall–Kier alpha value is -1.10. The summed E-state index contributed by atoms with van der Waals surface area (Å²) in [5.41, 5.74) is 3.36. The van der Waals surface area contributed by atoms with Gasteiger partial charge in [0.2, 0.25) is 0 Å². The monoisotopic (exact) mass is 308 g/mol. The first-order chi connectivity index (χ1) is 10.0. The van der Waals surface area contributed by atoms with E-state index in [-0.39, 0.29) is 0 Å². The van der Waals surface area contributed by atoms with Crippen molar-refractivity contribution >= 4 is 23.4 Å². The van der Waals surface area contributed by atoms with Crippen molar-refractivity contribution in [3.05, 3.63) is 10.5 Å². The lowest BCUT2D eigenvalue weighted by molar-refractivity contribution is 0.505. The molecule has 0 radical (unpaired) electrons. The molecule has 0 aromatic carbocycles. The number of imidazole rings is 1. The molecule has 2 aromatic rings. The zero-order chi connectivity index (χ0) is 15.4. The normalized spacial score (nSPS) is 11.9. The maximum atomic E-state index is 5.48. The molecular formula is C16H28N4S. The second kappa shape index (κ2) is 7.25. The van der Waals surface area contributed by atoms with Crippen molar-refractivity contribution < 1.29 is 0 Å². The van der Waals surface area contributed by atoms with E-state index >= 15 is 0 Å². The molecule has 0 fully saturated rings. The van der Waals surface area contributed by atoms with Gasteiger partial charge >= 0.3 is 0 Å². The highest BCUT2D eigenvalue weighted by Gasteiger charge is 2.13. The molecule has 0 unspecified atom stereocenters. The van der Waals surface area contributed by atoms with Crippen molar-refractivity contribution in [2.75, 3.05) is 0 Å². The molecule has 0 bridgehead atoms. The molecule has 0 aliphatic carbocycles. The van der Waals surface area contributed by atoms with Crippen molar-refractivity contribution in [2.45, 2.75) is 65.8 Å². The molecule has 0 saturated heterocycles. The van der Waals surface area contributed by atoms with Crippen molar-refractivity contribution in [1.82, 2.24) is 19.3 Å². The van der Waals surface area contributed by atoms with Crippen LogP contribution in [-0.2, 0) is 20.0 Å². The third kappa shape index (κ3) is 3.76. The highest BCUT2D eigenvalue weighted by molar-refractivity contribution is 7.71. The molecule has 0 aliphatic heterocycles. The predicted molar refractivity (Wildman–Crippen MR) is 91.2 cm³/mol. The Morgan fingerprint density at radius 1 is 1.19 bits per heavy atom. The average Bonchev–Trinajstić information content (AvgIpc) is 2.91. The number of aromatic amines is 1. The van der Waals surface area contributed by atoms with Gasteiger partial charge in [-0.1, -0.05) is 46.5 Å². The number of nitrogens with one attached hydrogen (secondary N) is 1. The second-order valence-corrected chi connectivity index (χ2v) is 6.69. The molecule has 2 aromatic heterocycles. The molecule has 0 spiro atoms. The van der Waals surface area contributed by atoms with Gasteiger partial charge in [-0.15, -0.1) is 0 Å². The Bertz CT molecular complexity index is 633. The van der Waals surface area contributed by atoms with Gasteiger partial charge in [-0.3, -0.25) is 4.68 Å². The van der Waals surface area contributed by atoms with Crippen LogP contribution >= 0.6 is 12.2 Å². The summed E-state index contributed by atoms with van der Waals surface area (Å²) in [6.07, 6.45) is 7.41. The number of hydrogen-bond donors (Lipinski definition) is 1. The topological polar surface area (TPSA) is 38.5 Å². The molecular weight excluding hydrogens is 280 g/mol. The van der Waals surface area contributed by atoms with Crippen LogP contribution in [0.4, 0.5) is 0 Å². The van der Waals surface area contributed by atoms with Crippen LogP contribution in [0, 0.1) is 10.7 Å². The third-order valence-electron chi connectivity index (χ3n) is 4.07. The Balaban J connectivity index is 1.97. The van der Waals surface area contributed by atoms with Crippen LogP contribution < -0.4 is 0 Å². The van der Waals surface area contributed by atoms with Gasteiger partial charge in [-0.2, -0.15) is 5.10 Å². The predicted octanol–water partition coefficient (Wildman–Crippen LogP) is 4.60. The minimum absolute atomic E-state index is 0.824. The lowest BCUT2D eigenvalue weighted by atomic mass is 10.0. The number of rotatable bonds is 8. The summed E-state index contributed by atoms with van der Waals surface area (Å²) in [7, 11) is 2.00.